The highest BCUT2D eigenvalue weighted by Gasteiger charge is 2.17. The van der Waals surface area contributed by atoms with Crippen molar-refractivity contribution in [2.75, 3.05) is 13.2 Å². The molecule has 1 unspecified atom stereocenters. The average molecular weight is 296 g/mol. The summed E-state index contributed by atoms with van der Waals surface area (Å²) in [5.41, 5.74) is 1.22. The molecular weight excluding hydrogens is 276 g/mol. The number of likely N-dealkylation sites (N-methyl/N-ethyl adjacent to an activating group) is 1. The van der Waals surface area contributed by atoms with Crippen molar-refractivity contribution in [3.8, 4) is 5.75 Å². The van der Waals surface area contributed by atoms with Gasteiger partial charge in [0, 0.05) is 18.1 Å². The third-order valence-corrected chi connectivity index (χ3v) is 3.10. The van der Waals surface area contributed by atoms with Crippen LogP contribution in [0.3, 0.4) is 0 Å². The summed E-state index contributed by atoms with van der Waals surface area (Å²) in [6.07, 6.45) is 0.318. The normalized spacial score (nSPS) is 12.0. The Balaban J connectivity index is 2.70. The Labute approximate surface area is 123 Å². The fourth-order valence-corrected chi connectivity index (χ4v) is 1.97. The molecule has 0 heterocycles. The van der Waals surface area contributed by atoms with E-state index in [1.165, 1.54) is 6.07 Å². The maximum absolute atomic E-state index is 11.0. The quantitative estimate of drug-likeness (QED) is 0.562. The van der Waals surface area contributed by atoms with Gasteiger partial charge in [0.1, 0.15) is 11.8 Å². The number of nitrogens with one attached hydrogen (secondary N) is 1. The molecule has 0 saturated carbocycles. The van der Waals surface area contributed by atoms with Gasteiger partial charge in [-0.3, -0.25) is 14.9 Å². The second-order valence-electron chi connectivity index (χ2n) is 4.75. The molecule has 0 aliphatic carbocycles. The van der Waals surface area contributed by atoms with Gasteiger partial charge in [0.2, 0.25) is 0 Å². The molecule has 21 heavy (non-hydrogen) atoms. The fourth-order valence-electron chi connectivity index (χ4n) is 1.97. The first kappa shape index (κ1) is 16.9. The van der Waals surface area contributed by atoms with Crippen LogP contribution in [0.15, 0.2) is 12.1 Å². The van der Waals surface area contributed by atoms with Crippen molar-refractivity contribution >= 4 is 11.7 Å². The molecule has 1 aromatic rings. The van der Waals surface area contributed by atoms with Crippen LogP contribution in [0, 0.1) is 24.0 Å². The standard InChI is InChI=1S/C14H20N2O5/c1-4-15-11(14(17)18)5-6-21-13-8-9(2)12(16(19)20)7-10(13)3/h7-8,11,15H,4-6H2,1-3H3,(H,17,18). The predicted octanol–water partition coefficient (Wildman–Crippen LogP) is 2.04. The van der Waals surface area contributed by atoms with E-state index < -0.39 is 16.9 Å². The van der Waals surface area contributed by atoms with E-state index >= 15 is 0 Å². The van der Waals surface area contributed by atoms with Crippen LogP contribution in [0.4, 0.5) is 5.69 Å². The van der Waals surface area contributed by atoms with Crippen LogP contribution in [0.1, 0.15) is 24.5 Å². The molecule has 0 amide bonds. The smallest absolute Gasteiger partial charge is 0.320 e. The maximum Gasteiger partial charge on any atom is 0.320 e. The zero-order valence-corrected chi connectivity index (χ0v) is 12.4. The van der Waals surface area contributed by atoms with Gasteiger partial charge < -0.3 is 15.2 Å². The minimum absolute atomic E-state index is 0.0518. The van der Waals surface area contributed by atoms with Crippen molar-refractivity contribution in [1.29, 1.82) is 0 Å². The molecule has 0 radical (unpaired) electrons. The molecule has 0 aromatic heterocycles. The summed E-state index contributed by atoms with van der Waals surface area (Å²) < 4.78 is 5.55. The van der Waals surface area contributed by atoms with Crippen LogP contribution in [0.2, 0.25) is 0 Å². The highest BCUT2D eigenvalue weighted by Crippen LogP contribution is 2.27. The van der Waals surface area contributed by atoms with Crippen molar-refractivity contribution in [2.45, 2.75) is 33.2 Å². The summed E-state index contributed by atoms with van der Waals surface area (Å²) in [6.45, 7) is 5.99. The second-order valence-corrected chi connectivity index (χ2v) is 4.75. The Morgan fingerprint density at radius 1 is 1.43 bits per heavy atom. The van der Waals surface area contributed by atoms with Crippen molar-refractivity contribution in [3.05, 3.63) is 33.4 Å². The number of hydrogen-bond acceptors (Lipinski definition) is 5. The van der Waals surface area contributed by atoms with Crippen molar-refractivity contribution in [3.63, 3.8) is 0 Å². The Kier molecular flexibility index (Phi) is 6.10. The molecule has 2 N–H and O–H groups in total. The lowest BCUT2D eigenvalue weighted by Crippen LogP contribution is -2.37. The minimum Gasteiger partial charge on any atom is -0.493 e. The Morgan fingerprint density at radius 2 is 2.10 bits per heavy atom. The molecule has 0 spiro atoms. The Morgan fingerprint density at radius 3 is 2.62 bits per heavy atom. The average Bonchev–Trinajstić information content (AvgIpc) is 2.40. The van der Waals surface area contributed by atoms with E-state index in [0.29, 0.717) is 29.8 Å². The first-order valence-electron chi connectivity index (χ1n) is 6.71. The van der Waals surface area contributed by atoms with Crippen LogP contribution in [0.25, 0.3) is 0 Å². The number of rotatable bonds is 8. The monoisotopic (exact) mass is 296 g/mol. The van der Waals surface area contributed by atoms with E-state index in [9.17, 15) is 14.9 Å². The van der Waals surface area contributed by atoms with Crippen molar-refractivity contribution in [1.82, 2.24) is 5.32 Å². The number of ether oxygens (including phenoxy) is 1. The Bertz CT molecular complexity index is 530. The number of hydrogen-bond donors (Lipinski definition) is 2. The summed E-state index contributed by atoms with van der Waals surface area (Å²) in [5.74, 6) is -0.379. The van der Waals surface area contributed by atoms with Gasteiger partial charge in [-0.15, -0.1) is 0 Å². The molecule has 0 fully saturated rings. The number of carboxylic acid groups (broad SMARTS) is 1. The summed E-state index contributed by atoms with van der Waals surface area (Å²) in [4.78, 5) is 21.4. The highest BCUT2D eigenvalue weighted by atomic mass is 16.6. The van der Waals surface area contributed by atoms with Crippen LogP contribution in [0.5, 0.6) is 5.75 Å². The number of benzene rings is 1. The molecule has 7 nitrogen and oxygen atoms in total. The number of carboxylic acids is 1. The van der Waals surface area contributed by atoms with Gasteiger partial charge in [-0.2, -0.15) is 0 Å². The zero-order chi connectivity index (χ0) is 16.0. The van der Waals surface area contributed by atoms with Gasteiger partial charge in [0.05, 0.1) is 11.5 Å². The van der Waals surface area contributed by atoms with Gasteiger partial charge in [0.15, 0.2) is 0 Å². The van der Waals surface area contributed by atoms with Gasteiger partial charge >= 0.3 is 5.97 Å². The van der Waals surface area contributed by atoms with Gasteiger partial charge in [0.25, 0.3) is 5.69 Å². The van der Waals surface area contributed by atoms with Crippen LogP contribution >= 0.6 is 0 Å². The summed E-state index contributed by atoms with van der Waals surface area (Å²) in [7, 11) is 0. The van der Waals surface area contributed by atoms with E-state index in [0.717, 1.165) is 0 Å². The molecule has 1 atom stereocenters. The molecule has 0 saturated heterocycles. The molecule has 7 heteroatoms. The SMILES string of the molecule is CCNC(CCOc1cc(C)c([N+](=O)[O-])cc1C)C(=O)O. The molecular formula is C14H20N2O5. The second kappa shape index (κ2) is 7.58. The summed E-state index contributed by atoms with van der Waals surface area (Å²) >= 11 is 0. The van der Waals surface area contributed by atoms with Gasteiger partial charge in [-0.25, -0.2) is 0 Å². The lowest BCUT2D eigenvalue weighted by Gasteiger charge is -2.15. The van der Waals surface area contributed by atoms with Crippen molar-refractivity contribution in [2.24, 2.45) is 0 Å². The van der Waals surface area contributed by atoms with Gasteiger partial charge in [-0.1, -0.05) is 6.92 Å². The van der Waals surface area contributed by atoms with E-state index in [2.05, 4.69) is 5.32 Å². The third kappa shape index (κ3) is 4.71. The molecule has 0 aliphatic heterocycles. The molecule has 0 bridgehead atoms. The largest absolute Gasteiger partial charge is 0.493 e. The molecule has 0 aliphatic rings. The number of nitro benzene ring substituents is 1. The third-order valence-electron chi connectivity index (χ3n) is 3.10. The highest BCUT2D eigenvalue weighted by molar-refractivity contribution is 5.73. The molecule has 1 aromatic carbocycles. The number of nitrogens with zero attached hydrogens (tertiary/aromatic N) is 1. The van der Waals surface area contributed by atoms with E-state index in [1.807, 2.05) is 6.92 Å². The van der Waals surface area contributed by atoms with E-state index in [1.54, 1.807) is 19.9 Å². The zero-order valence-electron chi connectivity index (χ0n) is 12.4. The van der Waals surface area contributed by atoms with Crippen molar-refractivity contribution < 1.29 is 19.6 Å². The number of nitro groups is 1. The lowest BCUT2D eigenvalue weighted by molar-refractivity contribution is -0.385. The Hall–Kier alpha value is -2.15. The van der Waals surface area contributed by atoms with Crippen LogP contribution in [-0.4, -0.2) is 35.2 Å². The predicted molar refractivity (Wildman–Crippen MR) is 77.8 cm³/mol. The topological polar surface area (TPSA) is 102 Å². The first-order chi connectivity index (χ1) is 9.86. The van der Waals surface area contributed by atoms with Crippen LogP contribution < -0.4 is 10.1 Å². The maximum atomic E-state index is 11.0. The van der Waals surface area contributed by atoms with E-state index in [4.69, 9.17) is 9.84 Å². The van der Waals surface area contributed by atoms with E-state index in [-0.39, 0.29) is 12.3 Å². The molecule has 1 rings (SSSR count). The van der Waals surface area contributed by atoms with Crippen LogP contribution in [-0.2, 0) is 4.79 Å². The van der Waals surface area contributed by atoms with Gasteiger partial charge in [-0.05, 0) is 32.0 Å². The summed E-state index contributed by atoms with van der Waals surface area (Å²) in [5, 5.41) is 22.7. The summed E-state index contributed by atoms with van der Waals surface area (Å²) in [6, 6.07) is 2.41. The number of aliphatic carboxylic acids is 1. The number of carbonyl (C=O) groups is 1. The minimum atomic E-state index is -0.919. The number of aryl methyl sites for hydroxylation is 2. The fraction of sp³-hybridized carbons (Fsp3) is 0.500. The molecule has 116 valence electrons. The first-order valence-corrected chi connectivity index (χ1v) is 6.71. The lowest BCUT2D eigenvalue weighted by atomic mass is 10.1.